The topological polar surface area (TPSA) is 48.0 Å². The minimum Gasteiger partial charge on any atom is -0.326 e. The van der Waals surface area contributed by atoms with Crippen LogP contribution in [0.5, 0.6) is 0 Å². The van der Waals surface area contributed by atoms with Crippen LogP contribution in [0.1, 0.15) is 55.8 Å². The molecule has 0 N–H and O–H groups in total. The number of hydrogen-bond donors (Lipinski definition) is 0. The summed E-state index contributed by atoms with van der Waals surface area (Å²) in [5.74, 6) is 0. The van der Waals surface area contributed by atoms with Crippen LogP contribution in [0.4, 0.5) is 0 Å². The molecule has 110 valence electrons. The zero-order valence-corrected chi connectivity index (χ0v) is 12.7. The minimum absolute atomic E-state index is 0.585. The Morgan fingerprint density at radius 3 is 2.52 bits per heavy atom. The largest absolute Gasteiger partial charge is 0.326 e. The van der Waals surface area contributed by atoms with E-state index in [-0.39, 0.29) is 0 Å². The van der Waals surface area contributed by atoms with Crippen LogP contribution in [0.2, 0.25) is 0 Å². The van der Waals surface area contributed by atoms with Gasteiger partial charge in [-0.05, 0) is 32.3 Å². The van der Waals surface area contributed by atoms with E-state index in [1.54, 1.807) is 17.2 Å². The Hall–Kier alpha value is -1.91. The summed E-state index contributed by atoms with van der Waals surface area (Å²) in [6.07, 6.45) is 11.3. The van der Waals surface area contributed by atoms with Gasteiger partial charge in [0.2, 0.25) is 0 Å². The van der Waals surface area contributed by atoms with E-state index in [4.69, 9.17) is 4.98 Å². The second-order valence-corrected chi connectivity index (χ2v) is 6.20. The van der Waals surface area contributed by atoms with Crippen molar-refractivity contribution in [2.45, 2.75) is 58.4 Å². The Kier molecular flexibility index (Phi) is 2.94. The molecule has 0 bridgehead atoms. The molecule has 0 aromatic carbocycles. The Labute approximate surface area is 124 Å². The number of aromatic nitrogens is 5. The van der Waals surface area contributed by atoms with Crippen LogP contribution in [-0.4, -0.2) is 24.1 Å². The number of fused-ring (bicyclic) bond motifs is 3. The second-order valence-electron chi connectivity index (χ2n) is 6.20. The van der Waals surface area contributed by atoms with Crippen molar-refractivity contribution in [3.63, 3.8) is 0 Å². The average Bonchev–Trinajstić information content (AvgIpc) is 2.93. The van der Waals surface area contributed by atoms with Gasteiger partial charge in [0.05, 0.1) is 5.39 Å². The molecule has 1 aliphatic rings. The molecule has 4 rings (SSSR count). The van der Waals surface area contributed by atoms with Crippen molar-refractivity contribution in [3.8, 4) is 0 Å². The molecular weight excluding hydrogens is 262 g/mol. The first-order valence-corrected chi connectivity index (χ1v) is 7.93. The van der Waals surface area contributed by atoms with Crippen LogP contribution >= 0.6 is 0 Å². The molecule has 1 saturated carbocycles. The third kappa shape index (κ3) is 1.87. The van der Waals surface area contributed by atoms with E-state index in [0.29, 0.717) is 6.04 Å². The van der Waals surface area contributed by atoms with Crippen LogP contribution < -0.4 is 0 Å². The Balaban J connectivity index is 1.97. The van der Waals surface area contributed by atoms with E-state index in [2.05, 4.69) is 28.5 Å². The quantitative estimate of drug-likeness (QED) is 0.641. The average molecular weight is 283 g/mol. The molecule has 0 saturated heterocycles. The third-order valence-corrected chi connectivity index (χ3v) is 5.01. The van der Waals surface area contributed by atoms with Crippen LogP contribution in [0.3, 0.4) is 0 Å². The molecule has 0 amide bonds. The Bertz CT molecular complexity index is 790. The highest BCUT2D eigenvalue weighted by molar-refractivity contribution is 5.93. The first-order valence-electron chi connectivity index (χ1n) is 7.93. The molecular formula is C16H21N5. The minimum atomic E-state index is 0.585. The van der Waals surface area contributed by atoms with E-state index < -0.39 is 0 Å². The van der Waals surface area contributed by atoms with Crippen molar-refractivity contribution in [3.05, 3.63) is 23.9 Å². The predicted octanol–water partition coefficient (Wildman–Crippen LogP) is 3.59. The fourth-order valence-electron chi connectivity index (χ4n) is 3.79. The molecule has 0 atom stereocenters. The van der Waals surface area contributed by atoms with Gasteiger partial charge in [0.1, 0.15) is 18.3 Å². The summed E-state index contributed by atoms with van der Waals surface area (Å²) in [6.45, 7) is 4.40. The summed E-state index contributed by atoms with van der Waals surface area (Å²) >= 11 is 0. The van der Waals surface area contributed by atoms with Crippen molar-refractivity contribution in [2.24, 2.45) is 0 Å². The van der Waals surface area contributed by atoms with Gasteiger partial charge in [-0.25, -0.2) is 14.5 Å². The van der Waals surface area contributed by atoms with Crippen LogP contribution in [0.15, 0.2) is 12.7 Å². The summed E-state index contributed by atoms with van der Waals surface area (Å²) < 4.78 is 4.23. The van der Waals surface area contributed by atoms with Crippen molar-refractivity contribution in [2.75, 3.05) is 0 Å². The standard InChI is InChI=1S/C16H21N5/c1-11-12(2)21(13-7-5-3-4-6-8-13)16-14(11)15-17-9-19-20(15)10-18-16/h9-10,13H,3-8H2,1-2H3. The van der Waals surface area contributed by atoms with Gasteiger partial charge in [-0.15, -0.1) is 0 Å². The van der Waals surface area contributed by atoms with Gasteiger partial charge in [0.15, 0.2) is 5.65 Å². The fraction of sp³-hybridized carbons (Fsp3) is 0.562. The van der Waals surface area contributed by atoms with E-state index in [9.17, 15) is 0 Å². The van der Waals surface area contributed by atoms with Gasteiger partial charge in [0, 0.05) is 11.7 Å². The zero-order valence-electron chi connectivity index (χ0n) is 12.7. The molecule has 0 aliphatic heterocycles. The fourth-order valence-corrected chi connectivity index (χ4v) is 3.79. The van der Waals surface area contributed by atoms with Gasteiger partial charge >= 0.3 is 0 Å². The van der Waals surface area contributed by atoms with Gasteiger partial charge < -0.3 is 4.57 Å². The van der Waals surface area contributed by atoms with Gasteiger partial charge in [-0.1, -0.05) is 25.7 Å². The molecule has 5 heteroatoms. The lowest BCUT2D eigenvalue weighted by Crippen LogP contribution is -2.10. The van der Waals surface area contributed by atoms with Crippen molar-refractivity contribution in [1.29, 1.82) is 0 Å². The Morgan fingerprint density at radius 1 is 1.00 bits per heavy atom. The first kappa shape index (κ1) is 12.8. The van der Waals surface area contributed by atoms with Crippen molar-refractivity contribution >= 4 is 16.7 Å². The summed E-state index contributed by atoms with van der Waals surface area (Å²) in [5.41, 5.74) is 4.63. The van der Waals surface area contributed by atoms with Crippen LogP contribution in [0.25, 0.3) is 16.7 Å². The van der Waals surface area contributed by atoms with E-state index >= 15 is 0 Å². The molecule has 1 aliphatic carbocycles. The molecule has 1 fully saturated rings. The molecule has 0 unspecified atom stereocenters. The molecule has 21 heavy (non-hydrogen) atoms. The van der Waals surface area contributed by atoms with E-state index in [0.717, 1.165) is 16.7 Å². The van der Waals surface area contributed by atoms with Crippen LogP contribution in [0, 0.1) is 13.8 Å². The molecule has 0 spiro atoms. The smallest absolute Gasteiger partial charge is 0.168 e. The highest BCUT2D eigenvalue weighted by Crippen LogP contribution is 2.35. The van der Waals surface area contributed by atoms with Gasteiger partial charge in [-0.3, -0.25) is 0 Å². The van der Waals surface area contributed by atoms with Crippen molar-refractivity contribution < 1.29 is 0 Å². The maximum absolute atomic E-state index is 4.69. The van der Waals surface area contributed by atoms with E-state index in [1.807, 2.05) is 0 Å². The van der Waals surface area contributed by atoms with Crippen molar-refractivity contribution in [1.82, 2.24) is 24.1 Å². The number of nitrogens with zero attached hydrogens (tertiary/aromatic N) is 5. The maximum atomic E-state index is 4.69. The number of rotatable bonds is 1. The van der Waals surface area contributed by atoms with E-state index in [1.165, 1.54) is 49.8 Å². The number of hydrogen-bond acceptors (Lipinski definition) is 3. The molecule has 0 radical (unpaired) electrons. The molecule has 3 heterocycles. The zero-order chi connectivity index (χ0) is 14.4. The highest BCUT2D eigenvalue weighted by atomic mass is 15.3. The predicted molar refractivity (Wildman–Crippen MR) is 82.5 cm³/mol. The van der Waals surface area contributed by atoms with Gasteiger partial charge in [-0.2, -0.15) is 5.10 Å². The highest BCUT2D eigenvalue weighted by Gasteiger charge is 2.22. The monoisotopic (exact) mass is 283 g/mol. The lowest BCUT2D eigenvalue weighted by Gasteiger charge is -2.19. The lowest BCUT2D eigenvalue weighted by molar-refractivity contribution is 0.446. The number of aryl methyl sites for hydroxylation is 1. The first-order chi connectivity index (χ1) is 10.3. The summed E-state index contributed by atoms with van der Waals surface area (Å²) in [5, 5.41) is 5.37. The second kappa shape index (κ2) is 4.83. The third-order valence-electron chi connectivity index (χ3n) is 5.01. The molecule has 3 aromatic rings. The molecule has 3 aromatic heterocycles. The lowest BCUT2D eigenvalue weighted by atomic mass is 10.1. The SMILES string of the molecule is Cc1c(C)n(C2CCCCCC2)c2ncn3ncnc3c12. The Morgan fingerprint density at radius 2 is 1.76 bits per heavy atom. The maximum Gasteiger partial charge on any atom is 0.168 e. The van der Waals surface area contributed by atoms with Gasteiger partial charge in [0.25, 0.3) is 0 Å². The summed E-state index contributed by atoms with van der Waals surface area (Å²) in [4.78, 5) is 9.12. The van der Waals surface area contributed by atoms with Crippen LogP contribution in [-0.2, 0) is 0 Å². The molecule has 5 nitrogen and oxygen atoms in total. The summed E-state index contributed by atoms with van der Waals surface area (Å²) in [6, 6.07) is 0.585. The normalized spacial score (nSPS) is 17.6. The summed E-state index contributed by atoms with van der Waals surface area (Å²) in [7, 11) is 0.